The van der Waals surface area contributed by atoms with Gasteiger partial charge in [-0.25, -0.2) is 4.90 Å². The molecule has 3 aliphatic rings. The number of amides is 2. The summed E-state index contributed by atoms with van der Waals surface area (Å²) in [5.74, 6) is -0.554. The second-order valence-electron chi connectivity index (χ2n) is 6.84. The Balaban J connectivity index is 1.76. The van der Waals surface area contributed by atoms with Crippen molar-refractivity contribution >= 4 is 23.2 Å². The van der Waals surface area contributed by atoms with E-state index < -0.39 is 22.3 Å². The van der Waals surface area contributed by atoms with Crippen LogP contribution in [0.4, 0.5) is 11.4 Å². The van der Waals surface area contributed by atoms with Crippen LogP contribution in [-0.4, -0.2) is 34.1 Å². The smallest absolute Gasteiger partial charge is 0.272 e. The van der Waals surface area contributed by atoms with Gasteiger partial charge in [-0.1, -0.05) is 0 Å². The number of hydrogen-bond donors (Lipinski definition) is 1. The monoisotopic (exact) mass is 356 g/mol. The van der Waals surface area contributed by atoms with Crippen LogP contribution in [0.2, 0.25) is 0 Å². The highest BCUT2D eigenvalue weighted by Gasteiger charge is 2.59. The molecule has 4 rings (SSSR count). The van der Waals surface area contributed by atoms with Gasteiger partial charge in [0.05, 0.1) is 21.8 Å². The number of carbonyl (C=O) groups excluding carboxylic acids is 2. The van der Waals surface area contributed by atoms with Crippen molar-refractivity contribution in [3.05, 3.63) is 56.4 Å². The van der Waals surface area contributed by atoms with Crippen molar-refractivity contribution in [2.75, 3.05) is 11.5 Å². The number of aliphatic hydroxyl groups is 1. The van der Waals surface area contributed by atoms with E-state index in [1.165, 1.54) is 18.2 Å². The molecule has 0 aliphatic carbocycles. The molecule has 0 aromatic heterocycles. The number of benzene rings is 1. The van der Waals surface area contributed by atoms with Crippen molar-refractivity contribution < 1.29 is 24.4 Å². The maximum Gasteiger partial charge on any atom is 0.272 e. The molecule has 1 atom stereocenters. The minimum absolute atomic E-state index is 0.0612. The van der Waals surface area contributed by atoms with E-state index in [1.807, 2.05) is 0 Å². The number of hydrogen-bond acceptors (Lipinski definition) is 6. The number of nitro benzene ring substituents is 1. The Labute approximate surface area is 148 Å². The molecule has 1 aromatic rings. The summed E-state index contributed by atoms with van der Waals surface area (Å²) in [6, 6.07) is 4.15. The normalized spacial score (nSPS) is 23.9. The van der Waals surface area contributed by atoms with Crippen molar-refractivity contribution in [3.8, 4) is 0 Å². The quantitative estimate of drug-likeness (QED) is 0.501. The third-order valence-corrected chi connectivity index (χ3v) is 5.09. The summed E-state index contributed by atoms with van der Waals surface area (Å²) >= 11 is 0. The van der Waals surface area contributed by atoms with E-state index in [2.05, 4.69) is 0 Å². The zero-order chi connectivity index (χ0) is 18.8. The van der Waals surface area contributed by atoms with Gasteiger partial charge in [0, 0.05) is 24.7 Å². The fraction of sp³-hybridized carbons (Fsp3) is 0.333. The first kappa shape index (κ1) is 16.5. The predicted molar refractivity (Wildman–Crippen MR) is 90.2 cm³/mol. The summed E-state index contributed by atoms with van der Waals surface area (Å²) in [4.78, 5) is 37.4. The topological polar surface area (TPSA) is 110 Å². The lowest BCUT2D eigenvalue weighted by atomic mass is 9.83. The molecule has 2 bridgehead atoms. The number of fused-ring (bicyclic) bond motifs is 4. The lowest BCUT2D eigenvalue weighted by molar-refractivity contribution is -0.385. The molecule has 3 aliphatic heterocycles. The highest BCUT2D eigenvalue weighted by atomic mass is 16.6. The van der Waals surface area contributed by atoms with Gasteiger partial charge in [-0.2, -0.15) is 0 Å². The fourth-order valence-electron chi connectivity index (χ4n) is 3.97. The summed E-state index contributed by atoms with van der Waals surface area (Å²) in [5, 5.41) is 20.2. The first-order chi connectivity index (χ1) is 12.3. The van der Waals surface area contributed by atoms with Gasteiger partial charge in [0.25, 0.3) is 17.5 Å². The Morgan fingerprint density at radius 3 is 2.69 bits per heavy atom. The average molecular weight is 356 g/mol. The first-order valence-corrected chi connectivity index (χ1v) is 8.19. The number of ether oxygens (including phenoxy) is 1. The standard InChI is InChI=1S/C18H16N2O6/c1-9-7-11(3-4-12(9)20(24)25)19-16(22)13-14(17(19)23)18(2)8-10(5-6-21)15(13)26-18/h3-4,7,21H,5-6,8H2,1-2H3. The van der Waals surface area contributed by atoms with E-state index in [4.69, 9.17) is 4.74 Å². The van der Waals surface area contributed by atoms with Crippen LogP contribution in [0.15, 0.2) is 40.7 Å². The van der Waals surface area contributed by atoms with Crippen LogP contribution in [0.3, 0.4) is 0 Å². The Morgan fingerprint density at radius 2 is 2.08 bits per heavy atom. The fourth-order valence-corrected chi connectivity index (χ4v) is 3.97. The molecule has 1 N–H and O–H groups in total. The largest absolute Gasteiger partial charge is 0.481 e. The number of nitro groups is 1. The van der Waals surface area contributed by atoms with Crippen molar-refractivity contribution in [1.82, 2.24) is 0 Å². The first-order valence-electron chi connectivity index (χ1n) is 8.19. The summed E-state index contributed by atoms with van der Waals surface area (Å²) in [5.41, 5.74) is 1.11. The predicted octanol–water partition coefficient (Wildman–Crippen LogP) is 1.90. The van der Waals surface area contributed by atoms with Crippen molar-refractivity contribution in [1.29, 1.82) is 0 Å². The van der Waals surface area contributed by atoms with E-state index >= 15 is 0 Å². The second kappa shape index (κ2) is 5.25. The molecule has 134 valence electrons. The molecule has 0 radical (unpaired) electrons. The molecule has 8 nitrogen and oxygen atoms in total. The molecule has 0 spiro atoms. The second-order valence-corrected chi connectivity index (χ2v) is 6.84. The van der Waals surface area contributed by atoms with Crippen LogP contribution in [0, 0.1) is 17.0 Å². The average Bonchev–Trinajstić information content (AvgIpc) is 3.14. The number of rotatable bonds is 4. The van der Waals surface area contributed by atoms with Crippen molar-refractivity contribution in [3.63, 3.8) is 0 Å². The Kier molecular flexibility index (Phi) is 3.32. The Bertz CT molecular complexity index is 960. The van der Waals surface area contributed by atoms with Gasteiger partial charge in [0.1, 0.15) is 11.4 Å². The number of aryl methyl sites for hydroxylation is 1. The van der Waals surface area contributed by atoms with Crippen LogP contribution in [0.25, 0.3) is 0 Å². The molecule has 26 heavy (non-hydrogen) atoms. The maximum absolute atomic E-state index is 12.9. The van der Waals surface area contributed by atoms with Crippen LogP contribution in [0.5, 0.6) is 0 Å². The molecule has 0 fully saturated rings. The van der Waals surface area contributed by atoms with Crippen LogP contribution in [-0.2, 0) is 14.3 Å². The zero-order valence-electron chi connectivity index (χ0n) is 14.2. The molecule has 8 heteroatoms. The Hall–Kier alpha value is -3.00. The lowest BCUT2D eigenvalue weighted by Gasteiger charge is -2.24. The van der Waals surface area contributed by atoms with E-state index in [9.17, 15) is 24.8 Å². The van der Waals surface area contributed by atoms with Gasteiger partial charge in [-0.05, 0) is 38.0 Å². The van der Waals surface area contributed by atoms with Crippen LogP contribution in [0.1, 0.15) is 25.3 Å². The van der Waals surface area contributed by atoms with Crippen molar-refractivity contribution in [2.45, 2.75) is 32.3 Å². The maximum atomic E-state index is 12.9. The molecule has 1 unspecified atom stereocenters. The van der Waals surface area contributed by atoms with Gasteiger partial charge in [0.15, 0.2) is 0 Å². The van der Waals surface area contributed by atoms with Gasteiger partial charge >= 0.3 is 0 Å². The number of aliphatic hydroxyl groups excluding tert-OH is 1. The van der Waals surface area contributed by atoms with Gasteiger partial charge in [-0.15, -0.1) is 0 Å². The summed E-state index contributed by atoms with van der Waals surface area (Å²) < 4.78 is 5.83. The zero-order valence-corrected chi connectivity index (χ0v) is 14.2. The lowest BCUT2D eigenvalue weighted by Crippen LogP contribution is -2.37. The molecule has 0 saturated carbocycles. The highest BCUT2D eigenvalue weighted by molar-refractivity contribution is 6.35. The molecule has 1 aromatic carbocycles. The van der Waals surface area contributed by atoms with E-state index in [1.54, 1.807) is 13.8 Å². The minimum Gasteiger partial charge on any atom is -0.481 e. The van der Waals surface area contributed by atoms with Gasteiger partial charge in [-0.3, -0.25) is 19.7 Å². The number of carbonyl (C=O) groups is 2. The number of nitrogens with zero attached hydrogens (tertiary/aromatic N) is 2. The van der Waals surface area contributed by atoms with Gasteiger partial charge in [0.2, 0.25) is 0 Å². The summed E-state index contributed by atoms with van der Waals surface area (Å²) in [6.45, 7) is 3.26. The molecule has 0 saturated heterocycles. The third-order valence-electron chi connectivity index (χ3n) is 5.09. The summed E-state index contributed by atoms with van der Waals surface area (Å²) in [7, 11) is 0. The molecule has 3 heterocycles. The Morgan fingerprint density at radius 1 is 1.35 bits per heavy atom. The number of anilines is 1. The van der Waals surface area contributed by atoms with E-state index in [0.29, 0.717) is 35.4 Å². The van der Waals surface area contributed by atoms with Gasteiger partial charge < -0.3 is 9.84 Å². The van der Waals surface area contributed by atoms with Crippen LogP contribution < -0.4 is 4.90 Å². The minimum atomic E-state index is -0.896. The molecular formula is C18H16N2O6. The van der Waals surface area contributed by atoms with Crippen molar-refractivity contribution in [2.24, 2.45) is 0 Å². The number of imide groups is 1. The van der Waals surface area contributed by atoms with E-state index in [0.717, 1.165) is 10.5 Å². The SMILES string of the molecule is Cc1cc(N2C(=O)C3=C(C2=O)C2(C)CC(CCO)=C3O2)ccc1[N+](=O)[O-]. The van der Waals surface area contributed by atoms with E-state index in [-0.39, 0.29) is 17.9 Å². The molecular weight excluding hydrogens is 340 g/mol. The third kappa shape index (κ3) is 1.99. The highest BCUT2D eigenvalue weighted by Crippen LogP contribution is 2.54. The molecule has 2 amide bonds. The summed E-state index contributed by atoms with van der Waals surface area (Å²) in [6.07, 6.45) is 0.855. The van der Waals surface area contributed by atoms with Crippen LogP contribution >= 0.6 is 0 Å².